The summed E-state index contributed by atoms with van der Waals surface area (Å²) in [4.78, 5) is 28.5. The van der Waals surface area contributed by atoms with E-state index in [9.17, 15) is 22.8 Å². The molecule has 2 aliphatic heterocycles. The average Bonchev–Trinajstić information content (AvgIpc) is 3.32. The van der Waals surface area contributed by atoms with E-state index in [-0.39, 0.29) is 41.2 Å². The molecule has 0 unspecified atom stereocenters. The van der Waals surface area contributed by atoms with Gasteiger partial charge in [0.25, 0.3) is 0 Å². The quantitative estimate of drug-likeness (QED) is 0.395. The van der Waals surface area contributed by atoms with Crippen molar-refractivity contribution in [2.45, 2.75) is 52.1 Å². The van der Waals surface area contributed by atoms with Crippen LogP contribution in [0, 0.1) is 29.3 Å². The topological polar surface area (TPSA) is 71.6 Å². The lowest BCUT2D eigenvalue weighted by atomic mass is 9.83. The van der Waals surface area contributed by atoms with Gasteiger partial charge in [0.15, 0.2) is 0 Å². The number of carbonyl (C=O) groups is 2. The van der Waals surface area contributed by atoms with Gasteiger partial charge in [0.1, 0.15) is 23.6 Å². The van der Waals surface area contributed by atoms with Gasteiger partial charge in [-0.3, -0.25) is 9.59 Å². The second-order valence-corrected chi connectivity index (χ2v) is 9.86. The van der Waals surface area contributed by atoms with E-state index in [1.54, 1.807) is 18.2 Å². The normalized spacial score (nSPS) is 17.7. The Hall–Kier alpha value is -3.33. The third-order valence-corrected chi connectivity index (χ3v) is 7.25. The van der Waals surface area contributed by atoms with Crippen LogP contribution in [0.5, 0.6) is 0 Å². The number of benzene rings is 2. The number of amides is 1. The summed E-state index contributed by atoms with van der Waals surface area (Å²) in [5, 5.41) is 0.451. The van der Waals surface area contributed by atoms with Crippen LogP contribution in [0.25, 0.3) is 22.2 Å². The van der Waals surface area contributed by atoms with Gasteiger partial charge in [-0.15, -0.1) is 0 Å². The Kier molecular flexibility index (Phi) is 9.67. The van der Waals surface area contributed by atoms with Crippen molar-refractivity contribution in [3.8, 4) is 11.3 Å². The van der Waals surface area contributed by atoms with Crippen molar-refractivity contribution in [2.24, 2.45) is 11.8 Å². The van der Waals surface area contributed by atoms with E-state index in [2.05, 4.69) is 4.98 Å². The number of likely N-dealkylation sites (tertiary alicyclic amines) is 1. The van der Waals surface area contributed by atoms with E-state index in [0.29, 0.717) is 42.9 Å². The number of halogens is 3. The SMILES string of the molecule is CC.Fc1ccc(-c2cc3cc(F)cc(F)c3[nH]2)cc1.O=C(OC1CN(C(=O)C2CCC2)C1)C1CCOCC1. The molecule has 39 heavy (non-hydrogen) atoms. The summed E-state index contributed by atoms with van der Waals surface area (Å²) in [6, 6.07) is 9.50. The molecule has 3 aliphatic rings. The highest BCUT2D eigenvalue weighted by atomic mass is 19.1. The minimum atomic E-state index is -0.640. The zero-order chi connectivity index (χ0) is 27.9. The molecular formula is C30H35F3N2O4. The molecule has 2 aromatic carbocycles. The van der Waals surface area contributed by atoms with E-state index in [0.717, 1.165) is 31.7 Å². The van der Waals surface area contributed by atoms with Gasteiger partial charge in [-0.25, -0.2) is 13.2 Å². The Morgan fingerprint density at radius 2 is 1.56 bits per heavy atom. The van der Waals surface area contributed by atoms with Crippen LogP contribution in [0.3, 0.4) is 0 Å². The Balaban J connectivity index is 0.000000170. The van der Waals surface area contributed by atoms with Crippen molar-refractivity contribution >= 4 is 22.8 Å². The van der Waals surface area contributed by atoms with Gasteiger partial charge in [0.2, 0.25) is 5.91 Å². The number of aromatic amines is 1. The molecule has 6 rings (SSSR count). The first-order chi connectivity index (χ1) is 18.9. The molecule has 6 nitrogen and oxygen atoms in total. The van der Waals surface area contributed by atoms with Crippen LogP contribution < -0.4 is 0 Å². The van der Waals surface area contributed by atoms with Crippen molar-refractivity contribution < 1.29 is 32.2 Å². The second kappa shape index (κ2) is 13.2. The summed E-state index contributed by atoms with van der Waals surface area (Å²) < 4.78 is 50.0. The van der Waals surface area contributed by atoms with Crippen molar-refractivity contribution in [1.82, 2.24) is 9.88 Å². The molecule has 2 saturated heterocycles. The lowest BCUT2D eigenvalue weighted by molar-refractivity contribution is -0.171. The Morgan fingerprint density at radius 3 is 2.18 bits per heavy atom. The van der Waals surface area contributed by atoms with Gasteiger partial charge in [0.05, 0.1) is 24.5 Å². The van der Waals surface area contributed by atoms with Gasteiger partial charge in [-0.1, -0.05) is 20.3 Å². The number of ether oxygens (including phenoxy) is 2. The minimum absolute atomic E-state index is 0.00914. The van der Waals surface area contributed by atoms with Crippen LogP contribution in [0.15, 0.2) is 42.5 Å². The van der Waals surface area contributed by atoms with Crippen molar-refractivity contribution in [3.05, 3.63) is 59.9 Å². The predicted octanol–water partition coefficient (Wildman–Crippen LogP) is 6.25. The van der Waals surface area contributed by atoms with Gasteiger partial charge in [-0.05, 0) is 67.6 Å². The van der Waals surface area contributed by atoms with Crippen LogP contribution in [0.4, 0.5) is 13.2 Å². The van der Waals surface area contributed by atoms with Crippen molar-refractivity contribution in [2.75, 3.05) is 26.3 Å². The molecule has 0 spiro atoms. The number of fused-ring (bicyclic) bond motifs is 1. The van der Waals surface area contributed by atoms with Crippen molar-refractivity contribution in [3.63, 3.8) is 0 Å². The van der Waals surface area contributed by atoms with E-state index in [1.807, 2.05) is 18.7 Å². The molecule has 1 saturated carbocycles. The summed E-state index contributed by atoms with van der Waals surface area (Å²) in [6.45, 7) is 6.47. The molecule has 3 aromatic rings. The minimum Gasteiger partial charge on any atom is -0.458 e. The molecule has 0 bridgehead atoms. The number of esters is 1. The molecular weight excluding hydrogens is 509 g/mol. The van der Waals surface area contributed by atoms with Crippen LogP contribution in [0.1, 0.15) is 46.0 Å². The zero-order valence-electron chi connectivity index (χ0n) is 22.4. The first-order valence-corrected chi connectivity index (χ1v) is 13.7. The van der Waals surface area contributed by atoms with Crippen LogP contribution >= 0.6 is 0 Å². The number of H-pyrrole nitrogens is 1. The molecule has 1 aliphatic carbocycles. The van der Waals surface area contributed by atoms with Gasteiger partial charge >= 0.3 is 5.97 Å². The molecule has 0 atom stereocenters. The summed E-state index contributed by atoms with van der Waals surface area (Å²) in [7, 11) is 0. The number of carbonyl (C=O) groups excluding carboxylic acids is 2. The van der Waals surface area contributed by atoms with Crippen molar-refractivity contribution in [1.29, 1.82) is 0 Å². The number of nitrogens with one attached hydrogen (secondary N) is 1. The molecule has 210 valence electrons. The Morgan fingerprint density at radius 1 is 0.897 bits per heavy atom. The summed E-state index contributed by atoms with van der Waals surface area (Å²) in [5.74, 6) is -1.22. The fourth-order valence-electron chi connectivity index (χ4n) is 4.75. The average molecular weight is 545 g/mol. The Labute approximate surface area is 226 Å². The highest BCUT2D eigenvalue weighted by Crippen LogP contribution is 2.31. The smallest absolute Gasteiger partial charge is 0.309 e. The number of aromatic nitrogens is 1. The largest absolute Gasteiger partial charge is 0.458 e. The summed E-state index contributed by atoms with van der Waals surface area (Å²) in [5.41, 5.74) is 1.58. The summed E-state index contributed by atoms with van der Waals surface area (Å²) >= 11 is 0. The molecule has 1 N–H and O–H groups in total. The fourth-order valence-corrected chi connectivity index (χ4v) is 4.75. The third kappa shape index (κ3) is 7.01. The van der Waals surface area contributed by atoms with E-state index < -0.39 is 11.6 Å². The maximum absolute atomic E-state index is 13.5. The van der Waals surface area contributed by atoms with Crippen LogP contribution in [0.2, 0.25) is 0 Å². The lowest BCUT2D eigenvalue weighted by Crippen LogP contribution is -2.57. The number of rotatable bonds is 4. The van der Waals surface area contributed by atoms with E-state index in [1.165, 1.54) is 24.6 Å². The van der Waals surface area contributed by atoms with Crippen LogP contribution in [-0.4, -0.2) is 54.2 Å². The molecule has 1 amide bonds. The van der Waals surface area contributed by atoms with E-state index >= 15 is 0 Å². The van der Waals surface area contributed by atoms with E-state index in [4.69, 9.17) is 9.47 Å². The number of nitrogens with zero attached hydrogens (tertiary/aromatic N) is 1. The zero-order valence-corrected chi connectivity index (χ0v) is 22.4. The first-order valence-electron chi connectivity index (χ1n) is 13.7. The highest BCUT2D eigenvalue weighted by Gasteiger charge is 2.39. The molecule has 3 fully saturated rings. The standard InChI is InChI=1S/C14H8F3N.C14H21NO4.C2H6/c15-10-3-1-8(2-4-10)13-6-9-5-11(16)7-12(17)14(9)18-13;16-13(10-2-1-3-10)15-8-12(9-15)19-14(17)11-4-6-18-7-5-11;1-2/h1-7,18H;10-12H,1-9H2;1-2H3. The predicted molar refractivity (Wildman–Crippen MR) is 142 cm³/mol. The maximum Gasteiger partial charge on any atom is 0.309 e. The first kappa shape index (κ1) is 28.7. The Bertz CT molecular complexity index is 1260. The molecule has 9 heteroatoms. The molecule has 3 heterocycles. The number of hydrogen-bond acceptors (Lipinski definition) is 4. The molecule has 0 radical (unpaired) electrons. The summed E-state index contributed by atoms with van der Waals surface area (Å²) in [6.07, 6.45) is 4.67. The van der Waals surface area contributed by atoms with Gasteiger partial charge in [0, 0.05) is 36.3 Å². The lowest BCUT2D eigenvalue weighted by Gasteiger charge is -2.42. The number of hydrogen-bond donors (Lipinski definition) is 1. The highest BCUT2D eigenvalue weighted by molar-refractivity contribution is 5.86. The molecule has 1 aromatic heterocycles. The third-order valence-electron chi connectivity index (χ3n) is 7.25. The maximum atomic E-state index is 13.5. The monoisotopic (exact) mass is 544 g/mol. The van der Waals surface area contributed by atoms with Gasteiger partial charge < -0.3 is 19.4 Å². The fraction of sp³-hybridized carbons (Fsp3) is 0.467. The van der Waals surface area contributed by atoms with Crippen LogP contribution in [-0.2, 0) is 19.1 Å². The second-order valence-electron chi connectivity index (χ2n) is 9.86. The van der Waals surface area contributed by atoms with Gasteiger partial charge in [-0.2, -0.15) is 0 Å².